The largest absolute Gasteiger partial charge is 0.326 e. The number of aryl methyl sites for hydroxylation is 1. The number of nitrogens with zero attached hydrogens (tertiary/aromatic N) is 2. The summed E-state index contributed by atoms with van der Waals surface area (Å²) < 4.78 is 16.4. The number of carbonyl (C=O) groups is 1. The van der Waals surface area contributed by atoms with Crippen LogP contribution in [0, 0.1) is 12.7 Å². The lowest BCUT2D eigenvalue weighted by atomic mass is 9.91. The zero-order valence-electron chi connectivity index (χ0n) is 15.8. The van der Waals surface area contributed by atoms with Crippen LogP contribution in [0.2, 0.25) is 5.02 Å². The molecular weight excluding hydrogens is 389 g/mol. The Morgan fingerprint density at radius 1 is 1.14 bits per heavy atom. The third-order valence-corrected chi connectivity index (χ3v) is 5.08. The number of pyridine rings is 1. The number of halogens is 2. The number of imidazole rings is 1. The van der Waals surface area contributed by atoms with Crippen LogP contribution in [-0.2, 0) is 4.79 Å². The zero-order valence-corrected chi connectivity index (χ0v) is 16.5. The van der Waals surface area contributed by atoms with E-state index in [1.54, 1.807) is 47.1 Å². The molecule has 146 valence electrons. The molecule has 2 aromatic heterocycles. The number of aromatic nitrogens is 2. The molecular formula is C23H19ClFN3O. The van der Waals surface area contributed by atoms with Crippen molar-refractivity contribution in [2.24, 2.45) is 0 Å². The number of hydrogen-bond acceptors (Lipinski definition) is 2. The molecule has 1 unspecified atom stereocenters. The third kappa shape index (κ3) is 4.15. The highest BCUT2D eigenvalue weighted by Crippen LogP contribution is 2.31. The van der Waals surface area contributed by atoms with Crippen LogP contribution in [0.1, 0.15) is 29.2 Å². The van der Waals surface area contributed by atoms with E-state index in [9.17, 15) is 9.18 Å². The first-order valence-electron chi connectivity index (χ1n) is 9.25. The normalized spacial score (nSPS) is 12.1. The van der Waals surface area contributed by atoms with Gasteiger partial charge in [-0.1, -0.05) is 47.5 Å². The minimum atomic E-state index is -0.518. The minimum Gasteiger partial charge on any atom is -0.326 e. The number of anilines is 1. The number of benzene rings is 2. The molecule has 4 rings (SSSR count). The lowest BCUT2D eigenvalue weighted by Crippen LogP contribution is -2.18. The zero-order chi connectivity index (χ0) is 20.4. The van der Waals surface area contributed by atoms with Crippen LogP contribution in [0.15, 0.2) is 73.1 Å². The van der Waals surface area contributed by atoms with E-state index in [4.69, 9.17) is 11.6 Å². The van der Waals surface area contributed by atoms with Crippen molar-refractivity contribution in [3.8, 4) is 0 Å². The molecule has 1 N–H and O–H groups in total. The fourth-order valence-electron chi connectivity index (χ4n) is 3.40. The molecule has 0 fully saturated rings. The van der Waals surface area contributed by atoms with E-state index in [2.05, 4.69) is 10.3 Å². The second-order valence-electron chi connectivity index (χ2n) is 6.95. The van der Waals surface area contributed by atoms with Crippen LogP contribution in [0.25, 0.3) is 5.65 Å². The summed E-state index contributed by atoms with van der Waals surface area (Å²) in [6.45, 7) is 1.98. The van der Waals surface area contributed by atoms with Gasteiger partial charge in [0.05, 0.1) is 10.7 Å². The molecule has 0 aliphatic carbocycles. The highest BCUT2D eigenvalue weighted by Gasteiger charge is 2.24. The molecule has 2 aromatic carbocycles. The Morgan fingerprint density at radius 2 is 1.90 bits per heavy atom. The van der Waals surface area contributed by atoms with Gasteiger partial charge in [0, 0.05) is 30.4 Å². The molecule has 29 heavy (non-hydrogen) atoms. The monoisotopic (exact) mass is 407 g/mol. The van der Waals surface area contributed by atoms with E-state index < -0.39 is 5.92 Å². The number of nitrogens with one attached hydrogen (secondary N) is 1. The average molecular weight is 408 g/mol. The Morgan fingerprint density at radius 3 is 2.66 bits per heavy atom. The summed E-state index contributed by atoms with van der Waals surface area (Å²) in [5.74, 6) is -1.09. The van der Waals surface area contributed by atoms with Crippen molar-refractivity contribution in [3.05, 3.63) is 101 Å². The van der Waals surface area contributed by atoms with Crippen LogP contribution in [-0.4, -0.2) is 15.3 Å². The molecule has 6 heteroatoms. The number of rotatable bonds is 5. The van der Waals surface area contributed by atoms with E-state index in [-0.39, 0.29) is 18.1 Å². The van der Waals surface area contributed by atoms with Crippen LogP contribution < -0.4 is 5.32 Å². The van der Waals surface area contributed by atoms with Crippen molar-refractivity contribution in [3.63, 3.8) is 0 Å². The van der Waals surface area contributed by atoms with Crippen LogP contribution in [0.4, 0.5) is 10.1 Å². The summed E-state index contributed by atoms with van der Waals surface area (Å²) in [6, 6.07) is 17.6. The smallest absolute Gasteiger partial charge is 0.225 e. The number of carbonyl (C=O) groups excluding carboxylic acids is 1. The summed E-state index contributed by atoms with van der Waals surface area (Å²) in [5.41, 5.74) is 3.63. The third-order valence-electron chi connectivity index (χ3n) is 4.86. The molecule has 0 aliphatic heterocycles. The second-order valence-corrected chi connectivity index (χ2v) is 7.39. The highest BCUT2D eigenvalue weighted by molar-refractivity contribution is 6.30. The van der Waals surface area contributed by atoms with E-state index in [1.165, 1.54) is 6.07 Å². The fraction of sp³-hybridized carbons (Fsp3) is 0.130. The van der Waals surface area contributed by atoms with E-state index in [0.717, 1.165) is 5.56 Å². The quantitative estimate of drug-likeness (QED) is 0.468. The van der Waals surface area contributed by atoms with Crippen molar-refractivity contribution >= 4 is 28.8 Å². The molecule has 0 saturated heterocycles. The first-order chi connectivity index (χ1) is 14.0. The van der Waals surface area contributed by atoms with Crippen LogP contribution >= 0.6 is 11.6 Å². The van der Waals surface area contributed by atoms with Gasteiger partial charge >= 0.3 is 0 Å². The lowest BCUT2D eigenvalue weighted by molar-refractivity contribution is -0.116. The standard InChI is InChI=1S/C23H19ClFN3O/c1-15-6-9-17(10-7-15)27-23(29)12-19(18-4-2-3-5-20(18)25)21-13-26-22-11-8-16(24)14-28(21)22/h2-11,13-14,19H,12H2,1H3,(H,27,29). The van der Waals surface area contributed by atoms with Gasteiger partial charge < -0.3 is 9.72 Å². The fourth-order valence-corrected chi connectivity index (χ4v) is 3.56. The van der Waals surface area contributed by atoms with Gasteiger partial charge in [-0.15, -0.1) is 0 Å². The Hall–Kier alpha value is -3.18. The van der Waals surface area contributed by atoms with Crippen LogP contribution in [0.3, 0.4) is 0 Å². The number of hydrogen-bond donors (Lipinski definition) is 1. The van der Waals surface area contributed by atoms with Crippen molar-refractivity contribution in [2.75, 3.05) is 5.32 Å². The first kappa shape index (κ1) is 19.2. The summed E-state index contributed by atoms with van der Waals surface area (Å²) in [4.78, 5) is 17.2. The SMILES string of the molecule is Cc1ccc(NC(=O)CC(c2ccccc2F)c2cnc3ccc(Cl)cn23)cc1. The van der Waals surface area contributed by atoms with Crippen molar-refractivity contribution in [1.29, 1.82) is 0 Å². The molecule has 1 atom stereocenters. The summed E-state index contributed by atoms with van der Waals surface area (Å²) in [6.07, 6.45) is 3.46. The van der Waals surface area contributed by atoms with Crippen molar-refractivity contribution in [1.82, 2.24) is 9.38 Å². The maximum atomic E-state index is 14.6. The summed E-state index contributed by atoms with van der Waals surface area (Å²) in [7, 11) is 0. The van der Waals surface area contributed by atoms with Gasteiger partial charge in [0.2, 0.25) is 5.91 Å². The van der Waals surface area contributed by atoms with E-state index in [0.29, 0.717) is 27.6 Å². The molecule has 0 saturated carbocycles. The Bertz CT molecular complexity index is 1170. The minimum absolute atomic E-state index is 0.0646. The predicted octanol–water partition coefficient (Wildman–Crippen LogP) is 5.60. The predicted molar refractivity (Wildman–Crippen MR) is 113 cm³/mol. The van der Waals surface area contributed by atoms with Gasteiger partial charge in [-0.2, -0.15) is 0 Å². The molecule has 0 radical (unpaired) electrons. The van der Waals surface area contributed by atoms with Gasteiger partial charge in [-0.3, -0.25) is 4.79 Å². The Kier molecular flexibility index (Phi) is 5.32. The lowest BCUT2D eigenvalue weighted by Gasteiger charge is -2.18. The van der Waals surface area contributed by atoms with Gasteiger partial charge in [0.1, 0.15) is 11.5 Å². The van der Waals surface area contributed by atoms with E-state index in [1.807, 2.05) is 31.2 Å². The maximum Gasteiger partial charge on any atom is 0.225 e. The molecule has 1 amide bonds. The summed E-state index contributed by atoms with van der Waals surface area (Å²) >= 11 is 6.15. The van der Waals surface area contributed by atoms with Crippen molar-refractivity contribution < 1.29 is 9.18 Å². The van der Waals surface area contributed by atoms with Gasteiger partial charge in [-0.25, -0.2) is 9.37 Å². The number of fused-ring (bicyclic) bond motifs is 1. The molecule has 0 bridgehead atoms. The molecule has 2 heterocycles. The first-order valence-corrected chi connectivity index (χ1v) is 9.62. The number of amides is 1. The van der Waals surface area contributed by atoms with Crippen LogP contribution in [0.5, 0.6) is 0 Å². The van der Waals surface area contributed by atoms with Gasteiger partial charge in [0.25, 0.3) is 0 Å². The maximum absolute atomic E-state index is 14.6. The summed E-state index contributed by atoms with van der Waals surface area (Å²) in [5, 5.41) is 3.43. The molecule has 4 nitrogen and oxygen atoms in total. The molecule has 0 spiro atoms. The average Bonchev–Trinajstić information content (AvgIpc) is 3.11. The van der Waals surface area contributed by atoms with Gasteiger partial charge in [0.15, 0.2) is 0 Å². The highest BCUT2D eigenvalue weighted by atomic mass is 35.5. The molecule has 0 aliphatic rings. The van der Waals surface area contributed by atoms with Crippen molar-refractivity contribution in [2.45, 2.75) is 19.3 Å². The Labute approximate surface area is 173 Å². The second kappa shape index (κ2) is 8.05. The van der Waals surface area contributed by atoms with Gasteiger partial charge in [-0.05, 0) is 42.8 Å². The Balaban J connectivity index is 1.71. The van der Waals surface area contributed by atoms with E-state index >= 15 is 0 Å². The topological polar surface area (TPSA) is 46.4 Å². The molecule has 4 aromatic rings.